The number of amides is 1. The third kappa shape index (κ3) is 3.76. The number of furan rings is 1. The van der Waals surface area contributed by atoms with E-state index in [2.05, 4.69) is 4.99 Å². The van der Waals surface area contributed by atoms with E-state index in [0.717, 1.165) is 22.4 Å². The van der Waals surface area contributed by atoms with Crippen LogP contribution in [-0.4, -0.2) is 22.4 Å². The lowest BCUT2D eigenvalue weighted by molar-refractivity contribution is -0.120. The number of hydrogen-bond acceptors (Lipinski definition) is 4. The fourth-order valence-corrected chi connectivity index (χ4v) is 3.68. The molecule has 0 aliphatic carbocycles. The molecule has 2 aliphatic rings. The quantitative estimate of drug-likeness (QED) is 0.515. The van der Waals surface area contributed by atoms with Gasteiger partial charge in [-0.15, -0.1) is 0 Å². The van der Waals surface area contributed by atoms with Crippen molar-refractivity contribution in [2.75, 3.05) is 0 Å². The summed E-state index contributed by atoms with van der Waals surface area (Å²) in [5.41, 5.74) is 4.67. The smallest absolute Gasteiger partial charge is 0.282 e. The van der Waals surface area contributed by atoms with E-state index in [-0.39, 0.29) is 5.91 Å². The molecule has 152 valence electrons. The van der Waals surface area contributed by atoms with Crippen LogP contribution in [-0.2, 0) is 11.2 Å². The highest BCUT2D eigenvalue weighted by Gasteiger charge is 2.35. The SMILES string of the molecule is Cc1cc(C2=CN3C(=O)/C(=C/c4ccco4)N=C3C(Cc3ccccc3)=N2)ccc1Cl. The van der Waals surface area contributed by atoms with Crippen molar-refractivity contribution in [3.8, 4) is 0 Å². The van der Waals surface area contributed by atoms with Gasteiger partial charge in [0, 0.05) is 29.3 Å². The second-order valence-corrected chi connectivity index (χ2v) is 7.76. The van der Waals surface area contributed by atoms with E-state index in [4.69, 9.17) is 21.0 Å². The molecule has 0 saturated heterocycles. The molecule has 0 saturated carbocycles. The monoisotopic (exact) mass is 427 g/mol. The molecule has 2 aliphatic heterocycles. The summed E-state index contributed by atoms with van der Waals surface area (Å²) in [5, 5.41) is 0.691. The zero-order chi connectivity index (χ0) is 21.4. The number of carbonyl (C=O) groups is 1. The van der Waals surface area contributed by atoms with Crippen molar-refractivity contribution < 1.29 is 9.21 Å². The lowest BCUT2D eigenvalue weighted by Gasteiger charge is -2.22. The minimum atomic E-state index is -0.213. The number of halogens is 1. The molecule has 5 rings (SSSR count). The number of fused-ring (bicyclic) bond motifs is 1. The molecular formula is C25H18ClN3O2. The van der Waals surface area contributed by atoms with Crippen LogP contribution in [0.5, 0.6) is 0 Å². The second-order valence-electron chi connectivity index (χ2n) is 7.35. The molecule has 3 aromatic rings. The van der Waals surface area contributed by atoms with Crippen molar-refractivity contribution in [2.24, 2.45) is 9.98 Å². The summed E-state index contributed by atoms with van der Waals surface area (Å²) in [5.74, 6) is 0.905. The fourth-order valence-electron chi connectivity index (χ4n) is 3.56. The molecule has 0 fully saturated rings. The van der Waals surface area contributed by atoms with Gasteiger partial charge < -0.3 is 4.42 Å². The summed E-state index contributed by atoms with van der Waals surface area (Å²) in [6.07, 6.45) is 5.51. The zero-order valence-corrected chi connectivity index (χ0v) is 17.5. The zero-order valence-electron chi connectivity index (χ0n) is 16.7. The molecule has 6 heteroatoms. The highest BCUT2D eigenvalue weighted by molar-refractivity contribution is 6.48. The number of carbonyl (C=O) groups excluding carboxylic acids is 1. The Kier molecular flexibility index (Phi) is 4.88. The maximum Gasteiger partial charge on any atom is 0.282 e. The Morgan fingerprint density at radius 3 is 2.65 bits per heavy atom. The first-order valence-electron chi connectivity index (χ1n) is 9.86. The third-order valence-electron chi connectivity index (χ3n) is 5.15. The number of aryl methyl sites for hydroxylation is 1. The van der Waals surface area contributed by atoms with Crippen LogP contribution in [0.3, 0.4) is 0 Å². The summed E-state index contributed by atoms with van der Waals surface area (Å²) in [6.45, 7) is 1.95. The fraction of sp³-hybridized carbons (Fsp3) is 0.0800. The van der Waals surface area contributed by atoms with Crippen LogP contribution in [0, 0.1) is 6.92 Å². The van der Waals surface area contributed by atoms with Gasteiger partial charge >= 0.3 is 0 Å². The normalized spacial score (nSPS) is 16.8. The summed E-state index contributed by atoms with van der Waals surface area (Å²) >= 11 is 6.20. The Hall–Kier alpha value is -3.70. The first-order valence-corrected chi connectivity index (χ1v) is 10.2. The number of benzene rings is 2. The number of hydrogen-bond donors (Lipinski definition) is 0. The molecule has 3 heterocycles. The molecule has 5 nitrogen and oxygen atoms in total. The van der Waals surface area contributed by atoms with Crippen LogP contribution in [0.25, 0.3) is 11.8 Å². The van der Waals surface area contributed by atoms with Gasteiger partial charge in [-0.25, -0.2) is 9.98 Å². The molecule has 0 unspecified atom stereocenters. The molecular weight excluding hydrogens is 410 g/mol. The average molecular weight is 428 g/mol. The van der Waals surface area contributed by atoms with Crippen molar-refractivity contribution in [1.29, 1.82) is 0 Å². The van der Waals surface area contributed by atoms with E-state index in [0.29, 0.717) is 34.4 Å². The van der Waals surface area contributed by atoms with Crippen LogP contribution in [0.15, 0.2) is 93.2 Å². The van der Waals surface area contributed by atoms with Gasteiger partial charge in [0.15, 0.2) is 5.84 Å². The van der Waals surface area contributed by atoms with Crippen molar-refractivity contribution in [3.63, 3.8) is 0 Å². The maximum atomic E-state index is 13.1. The predicted octanol–water partition coefficient (Wildman–Crippen LogP) is 5.52. The Labute approximate surface area is 184 Å². The van der Waals surface area contributed by atoms with Crippen LogP contribution in [0.4, 0.5) is 0 Å². The minimum Gasteiger partial charge on any atom is -0.465 e. The van der Waals surface area contributed by atoms with Gasteiger partial charge in [0.05, 0.1) is 17.7 Å². The van der Waals surface area contributed by atoms with Crippen molar-refractivity contribution in [1.82, 2.24) is 4.90 Å². The number of rotatable bonds is 4. The van der Waals surface area contributed by atoms with Gasteiger partial charge in [-0.05, 0) is 42.3 Å². The molecule has 2 aromatic carbocycles. The van der Waals surface area contributed by atoms with E-state index in [1.165, 1.54) is 0 Å². The molecule has 0 radical (unpaired) electrons. The number of aliphatic imine (C=N–C) groups is 2. The van der Waals surface area contributed by atoms with Crippen LogP contribution in [0.1, 0.15) is 22.5 Å². The van der Waals surface area contributed by atoms with Gasteiger partial charge in [-0.3, -0.25) is 9.69 Å². The third-order valence-corrected chi connectivity index (χ3v) is 5.57. The molecule has 0 N–H and O–H groups in total. The van der Waals surface area contributed by atoms with Gasteiger partial charge in [0.25, 0.3) is 5.91 Å². The Balaban J connectivity index is 1.59. The molecule has 1 aromatic heterocycles. The summed E-state index contributed by atoms with van der Waals surface area (Å²) in [6, 6.07) is 19.3. The van der Waals surface area contributed by atoms with E-state index in [9.17, 15) is 4.79 Å². The predicted molar refractivity (Wildman–Crippen MR) is 123 cm³/mol. The van der Waals surface area contributed by atoms with Gasteiger partial charge in [-0.2, -0.15) is 0 Å². The molecule has 1 amide bonds. The average Bonchev–Trinajstić information content (AvgIpc) is 3.40. The highest BCUT2D eigenvalue weighted by Crippen LogP contribution is 2.30. The van der Waals surface area contributed by atoms with Gasteiger partial charge in [0.1, 0.15) is 11.5 Å². The van der Waals surface area contributed by atoms with Gasteiger partial charge in [-0.1, -0.05) is 48.0 Å². The van der Waals surface area contributed by atoms with E-state index in [1.807, 2.05) is 55.5 Å². The molecule has 0 atom stereocenters. The first-order chi connectivity index (χ1) is 15.1. The molecule has 0 bridgehead atoms. The van der Waals surface area contributed by atoms with E-state index >= 15 is 0 Å². The Morgan fingerprint density at radius 1 is 1.06 bits per heavy atom. The lowest BCUT2D eigenvalue weighted by atomic mass is 10.0. The number of amidine groups is 1. The largest absolute Gasteiger partial charge is 0.465 e. The standard InChI is InChI=1S/C25H18ClN3O2/c1-16-12-18(9-10-20(16)26)23-15-29-24(21(27-23)13-17-6-3-2-4-7-17)28-22(25(29)30)14-19-8-5-11-31-19/h2-12,14-15H,13H2,1H3/b22-14-. The minimum absolute atomic E-state index is 0.213. The lowest BCUT2D eigenvalue weighted by Crippen LogP contribution is -2.36. The van der Waals surface area contributed by atoms with Crippen LogP contribution >= 0.6 is 11.6 Å². The first kappa shape index (κ1) is 19.3. The van der Waals surface area contributed by atoms with Crippen molar-refractivity contribution in [3.05, 3.63) is 106 Å². The van der Waals surface area contributed by atoms with Crippen LogP contribution < -0.4 is 0 Å². The Bertz CT molecular complexity index is 1290. The molecule has 31 heavy (non-hydrogen) atoms. The Morgan fingerprint density at radius 2 is 1.90 bits per heavy atom. The van der Waals surface area contributed by atoms with Gasteiger partial charge in [0.2, 0.25) is 0 Å². The van der Waals surface area contributed by atoms with Crippen molar-refractivity contribution >= 4 is 40.8 Å². The van der Waals surface area contributed by atoms with Crippen molar-refractivity contribution in [2.45, 2.75) is 13.3 Å². The summed E-state index contributed by atoms with van der Waals surface area (Å²) in [7, 11) is 0. The number of nitrogens with zero attached hydrogens (tertiary/aromatic N) is 3. The summed E-state index contributed by atoms with van der Waals surface area (Å²) < 4.78 is 5.36. The topological polar surface area (TPSA) is 58.2 Å². The van der Waals surface area contributed by atoms with Crippen LogP contribution in [0.2, 0.25) is 5.02 Å². The van der Waals surface area contributed by atoms with E-state index in [1.54, 1.807) is 35.6 Å². The second kappa shape index (κ2) is 7.85. The van der Waals surface area contributed by atoms with E-state index < -0.39 is 0 Å². The highest BCUT2D eigenvalue weighted by atomic mass is 35.5. The summed E-state index contributed by atoms with van der Waals surface area (Å²) in [4.78, 5) is 24.2. The molecule has 0 spiro atoms. The maximum absolute atomic E-state index is 13.1.